The van der Waals surface area contributed by atoms with E-state index in [-0.39, 0.29) is 34.8 Å². The average Bonchev–Trinajstić information content (AvgIpc) is 3.19. The van der Waals surface area contributed by atoms with E-state index in [1.54, 1.807) is 24.3 Å². The third-order valence-corrected chi connectivity index (χ3v) is 13.7. The molecular formula is C40H53ClN2O6S. The number of ether oxygens (including phenoxy) is 2. The number of carbonyl (C=O) groups excluding carboxylic acids is 1. The number of hydrogen-bond acceptors (Lipinski definition) is 7. The second kappa shape index (κ2) is 15.8. The molecule has 8 nitrogen and oxygen atoms in total. The van der Waals surface area contributed by atoms with E-state index in [0.717, 1.165) is 62.1 Å². The van der Waals surface area contributed by atoms with Gasteiger partial charge in [-0.25, -0.2) is 13.1 Å². The van der Waals surface area contributed by atoms with E-state index in [4.69, 9.17) is 21.1 Å². The van der Waals surface area contributed by atoms with E-state index in [1.165, 1.54) is 11.1 Å². The van der Waals surface area contributed by atoms with Crippen molar-refractivity contribution in [1.29, 1.82) is 0 Å². The number of nitrogens with one attached hydrogen (secondary N) is 1. The smallest absolute Gasteiger partial charge is 0.264 e. The number of unbranched alkanes of at least 4 members (excludes halogenated alkanes) is 1. The monoisotopic (exact) mass is 724 g/mol. The number of aliphatic hydroxyl groups excluding tert-OH is 1. The van der Waals surface area contributed by atoms with Crippen molar-refractivity contribution in [3.05, 3.63) is 82.9 Å². The van der Waals surface area contributed by atoms with Crippen LogP contribution in [0.2, 0.25) is 5.02 Å². The molecule has 2 N–H and O–H groups in total. The minimum Gasteiger partial charge on any atom is -0.490 e. The Balaban J connectivity index is 1.30. The van der Waals surface area contributed by atoms with E-state index in [0.29, 0.717) is 44.9 Å². The number of sulfonamides is 1. The molecule has 2 aromatic carbocycles. The minimum absolute atomic E-state index is 0.124. The summed E-state index contributed by atoms with van der Waals surface area (Å²) in [4.78, 5) is 16.1. The largest absolute Gasteiger partial charge is 0.490 e. The van der Waals surface area contributed by atoms with Gasteiger partial charge in [0.25, 0.3) is 5.91 Å². The van der Waals surface area contributed by atoms with Crippen LogP contribution in [0, 0.1) is 17.8 Å². The Kier molecular flexibility index (Phi) is 11.7. The van der Waals surface area contributed by atoms with Gasteiger partial charge in [0, 0.05) is 35.7 Å². The van der Waals surface area contributed by atoms with Crippen molar-refractivity contribution in [2.75, 3.05) is 31.2 Å². The molecule has 1 spiro atoms. The van der Waals surface area contributed by atoms with Crippen LogP contribution in [-0.2, 0) is 26.6 Å². The molecule has 0 radical (unpaired) electrons. The molecule has 10 heteroatoms. The first kappa shape index (κ1) is 36.9. The maximum absolute atomic E-state index is 13.8. The topological polar surface area (TPSA) is 105 Å². The summed E-state index contributed by atoms with van der Waals surface area (Å²) in [6.07, 6.45) is 13.7. The molecule has 2 fully saturated rings. The number of benzene rings is 2. The van der Waals surface area contributed by atoms with Crippen LogP contribution in [0.15, 0.2) is 61.2 Å². The van der Waals surface area contributed by atoms with Gasteiger partial charge in [0.05, 0.1) is 29.8 Å². The summed E-state index contributed by atoms with van der Waals surface area (Å²) in [5.41, 5.74) is 3.23. The van der Waals surface area contributed by atoms with Gasteiger partial charge in [-0.05, 0) is 117 Å². The van der Waals surface area contributed by atoms with Crippen LogP contribution in [0.4, 0.5) is 5.69 Å². The summed E-state index contributed by atoms with van der Waals surface area (Å²) in [6.45, 7) is 10.3. The molecule has 1 saturated heterocycles. The minimum atomic E-state index is -4.02. The van der Waals surface area contributed by atoms with Gasteiger partial charge in [0.2, 0.25) is 10.0 Å². The molecule has 4 aliphatic rings. The van der Waals surface area contributed by atoms with Crippen LogP contribution in [0.3, 0.4) is 0 Å². The molecule has 7 atom stereocenters. The highest BCUT2D eigenvalue weighted by molar-refractivity contribution is 7.90. The van der Waals surface area contributed by atoms with E-state index in [1.807, 2.05) is 19.1 Å². The zero-order valence-electron chi connectivity index (χ0n) is 29.5. The molecular weight excluding hydrogens is 672 g/mol. The van der Waals surface area contributed by atoms with Crippen molar-refractivity contribution in [1.82, 2.24) is 4.72 Å². The maximum Gasteiger partial charge on any atom is 0.264 e. The number of aryl methyl sites for hydroxylation is 1. The number of allylic oxidation sites excluding steroid dienone is 2. The second-order valence-corrected chi connectivity index (χ2v) is 17.4. The summed E-state index contributed by atoms with van der Waals surface area (Å²) in [7, 11) is -4.02. The van der Waals surface area contributed by atoms with Crippen molar-refractivity contribution < 1.29 is 27.8 Å². The fourth-order valence-corrected chi connectivity index (χ4v) is 10.3. The molecule has 2 aromatic rings. The third kappa shape index (κ3) is 7.96. The van der Waals surface area contributed by atoms with Crippen molar-refractivity contribution in [2.24, 2.45) is 17.8 Å². The number of halogens is 1. The maximum atomic E-state index is 13.8. The molecule has 0 aromatic heterocycles. The standard InChI is InChI=1S/C40H53ClN2O6S/c1-4-6-7-11-36(44)33-15-12-30(33)24-43-25-40(19-8-10-28-21-31(41)14-16-34(28)40)26-49-37-17-13-29(22-35(37)43)39(45)42-50(46,47)38(27(3)9-5-2)23-32-18-20-48-32/h5,7,11,13-14,16-17,21-22,27,30,32-33,36,38,44H,2,4,6,8-10,12,15,18-20,23-26H2,1,3H3,(H,42,45)/b11-7+/t27-,30-,32-,33+,36-,38+,40-/m0/s1. The van der Waals surface area contributed by atoms with Crippen molar-refractivity contribution >= 4 is 33.2 Å². The Morgan fingerprint density at radius 3 is 2.74 bits per heavy atom. The van der Waals surface area contributed by atoms with E-state index in [9.17, 15) is 18.3 Å². The predicted molar refractivity (Wildman–Crippen MR) is 200 cm³/mol. The van der Waals surface area contributed by atoms with Gasteiger partial charge in [-0.3, -0.25) is 4.79 Å². The predicted octanol–water partition coefficient (Wildman–Crippen LogP) is 7.38. The highest BCUT2D eigenvalue weighted by Gasteiger charge is 2.44. The van der Waals surface area contributed by atoms with Gasteiger partial charge in [0.15, 0.2) is 0 Å². The number of hydrogen-bond donors (Lipinski definition) is 2. The second-order valence-electron chi connectivity index (χ2n) is 15.0. The van der Waals surface area contributed by atoms with Crippen LogP contribution in [0.1, 0.15) is 93.1 Å². The first-order chi connectivity index (χ1) is 24.0. The molecule has 2 heterocycles. The molecule has 2 aliphatic carbocycles. The fraction of sp³-hybridized carbons (Fsp3) is 0.575. The van der Waals surface area contributed by atoms with Crippen LogP contribution in [0.5, 0.6) is 5.75 Å². The summed E-state index contributed by atoms with van der Waals surface area (Å²) >= 11 is 6.44. The molecule has 0 unspecified atom stereocenters. The van der Waals surface area contributed by atoms with Crippen LogP contribution in [-0.4, -0.2) is 63.2 Å². The number of carbonyl (C=O) groups is 1. The first-order valence-electron chi connectivity index (χ1n) is 18.5. The molecule has 1 saturated carbocycles. The Bertz CT molecular complexity index is 1680. The van der Waals surface area contributed by atoms with Gasteiger partial charge < -0.3 is 19.5 Å². The number of aliphatic hydroxyl groups is 1. The van der Waals surface area contributed by atoms with Crippen LogP contribution < -0.4 is 14.4 Å². The lowest BCUT2D eigenvalue weighted by atomic mass is 9.68. The molecule has 6 rings (SSSR count). The normalized spacial score (nSPS) is 26.4. The first-order valence-corrected chi connectivity index (χ1v) is 20.4. The Morgan fingerprint density at radius 1 is 1.22 bits per heavy atom. The zero-order valence-corrected chi connectivity index (χ0v) is 31.1. The molecule has 50 heavy (non-hydrogen) atoms. The summed E-state index contributed by atoms with van der Waals surface area (Å²) in [5.74, 6) is 0.181. The Hall–Kier alpha value is -2.85. The van der Waals surface area contributed by atoms with Crippen molar-refractivity contribution in [3.63, 3.8) is 0 Å². The quantitative estimate of drug-likeness (QED) is 0.196. The van der Waals surface area contributed by atoms with Gasteiger partial charge in [-0.1, -0.05) is 56.2 Å². The summed E-state index contributed by atoms with van der Waals surface area (Å²) < 4.78 is 42.1. The third-order valence-electron chi connectivity index (χ3n) is 11.6. The lowest BCUT2D eigenvalue weighted by molar-refractivity contribution is -0.0563. The number of amides is 1. The van der Waals surface area contributed by atoms with Crippen molar-refractivity contribution in [2.45, 2.75) is 101 Å². The number of nitrogens with zero attached hydrogens (tertiary/aromatic N) is 1. The zero-order chi connectivity index (χ0) is 35.5. The fourth-order valence-electron chi connectivity index (χ4n) is 8.43. The van der Waals surface area contributed by atoms with Crippen molar-refractivity contribution in [3.8, 4) is 5.75 Å². The molecule has 0 bridgehead atoms. The van der Waals surface area contributed by atoms with E-state index >= 15 is 0 Å². The van der Waals surface area contributed by atoms with Gasteiger partial charge >= 0.3 is 0 Å². The average molecular weight is 725 g/mol. The van der Waals surface area contributed by atoms with Crippen LogP contribution >= 0.6 is 11.6 Å². The number of rotatable bonds is 14. The van der Waals surface area contributed by atoms with Gasteiger partial charge in [-0.2, -0.15) is 0 Å². The van der Waals surface area contributed by atoms with Gasteiger partial charge in [0.1, 0.15) is 5.75 Å². The SMILES string of the molecule is C=CC[C@H](C)[C@@H](C[C@@H]1CCO1)S(=O)(=O)NC(=O)c1ccc2c(c1)N(C[C@@H]1CC[C@H]1[C@@H](O)/C=C/CCC)C[C@@]1(CCCc3cc(Cl)ccc31)CO2. The number of anilines is 1. The van der Waals surface area contributed by atoms with E-state index < -0.39 is 27.3 Å². The summed E-state index contributed by atoms with van der Waals surface area (Å²) in [5, 5.41) is 11.0. The van der Waals surface area contributed by atoms with E-state index in [2.05, 4.69) is 41.3 Å². The Morgan fingerprint density at radius 2 is 2.04 bits per heavy atom. The summed E-state index contributed by atoms with van der Waals surface area (Å²) in [6, 6.07) is 11.4. The lowest BCUT2D eigenvalue weighted by Crippen LogP contribution is -2.49. The van der Waals surface area contributed by atoms with Gasteiger partial charge in [-0.15, -0.1) is 6.58 Å². The molecule has 272 valence electrons. The molecule has 2 aliphatic heterocycles. The molecule has 1 amide bonds. The highest BCUT2D eigenvalue weighted by atomic mass is 35.5. The highest BCUT2D eigenvalue weighted by Crippen LogP contribution is 2.46. The Labute approximate surface area is 303 Å². The van der Waals surface area contributed by atoms with Crippen LogP contribution in [0.25, 0.3) is 0 Å². The lowest BCUT2D eigenvalue weighted by Gasteiger charge is -2.45. The number of fused-ring (bicyclic) bond motifs is 3.